The smallest absolute Gasteiger partial charge is 0.339 e. The van der Waals surface area contributed by atoms with Crippen LogP contribution in [0.2, 0.25) is 0 Å². The number of ether oxygens (including phenoxy) is 2. The monoisotopic (exact) mass is 309 g/mol. The molecular weight excluding hydrogens is 286 g/mol. The minimum absolute atomic E-state index is 0.272. The Bertz CT molecular complexity index is 573. The number of hydrogen-bond donors (Lipinski definition) is 1. The van der Waals surface area contributed by atoms with Gasteiger partial charge in [-0.3, -0.25) is 9.59 Å². The third-order valence-corrected chi connectivity index (χ3v) is 3.49. The lowest BCUT2D eigenvalue weighted by molar-refractivity contribution is -0.146. The van der Waals surface area contributed by atoms with Gasteiger partial charge in [0.05, 0.1) is 18.4 Å². The average molecular weight is 309 g/mol. The molecule has 6 heteroatoms. The van der Waals surface area contributed by atoms with Gasteiger partial charge in [-0.15, -0.1) is 0 Å². The van der Waals surface area contributed by atoms with Crippen LogP contribution in [0.15, 0.2) is 0 Å². The molecule has 1 heterocycles. The largest absolute Gasteiger partial charge is 0.465 e. The Morgan fingerprint density at radius 2 is 1.86 bits per heavy atom. The van der Waals surface area contributed by atoms with Gasteiger partial charge in [0.2, 0.25) is 5.78 Å². The standard InChI is InChI=1S/C16H23NO5/c1-6-7-8-12(18)22-11(4)15(19)14-9(2)13(10(3)17-14)16(20)21-5/h11,17H,6-8H2,1-5H3/t11-/m0/s1. The van der Waals surface area contributed by atoms with Crippen LogP contribution in [-0.2, 0) is 14.3 Å². The van der Waals surface area contributed by atoms with Crippen molar-refractivity contribution >= 4 is 17.7 Å². The summed E-state index contributed by atoms with van der Waals surface area (Å²) in [5.41, 5.74) is 1.67. The molecule has 1 aromatic heterocycles. The lowest BCUT2D eigenvalue weighted by atomic mass is 10.1. The Hall–Kier alpha value is -2.11. The number of esters is 2. The van der Waals surface area contributed by atoms with E-state index in [0.29, 0.717) is 23.2 Å². The summed E-state index contributed by atoms with van der Waals surface area (Å²) in [5.74, 6) is -1.25. The maximum absolute atomic E-state index is 12.4. The number of aromatic amines is 1. The van der Waals surface area contributed by atoms with Crippen LogP contribution in [0.4, 0.5) is 0 Å². The quantitative estimate of drug-likeness (QED) is 0.618. The van der Waals surface area contributed by atoms with Gasteiger partial charge in [0.25, 0.3) is 0 Å². The van der Waals surface area contributed by atoms with Crippen molar-refractivity contribution in [2.45, 2.75) is 53.1 Å². The molecule has 0 aliphatic heterocycles. The number of rotatable bonds is 7. The molecule has 0 amide bonds. The highest BCUT2D eigenvalue weighted by molar-refractivity contribution is 6.03. The molecule has 1 atom stereocenters. The molecule has 6 nitrogen and oxygen atoms in total. The fourth-order valence-corrected chi connectivity index (χ4v) is 2.24. The van der Waals surface area contributed by atoms with E-state index in [0.717, 1.165) is 12.8 Å². The molecular formula is C16H23NO5. The van der Waals surface area contributed by atoms with Crippen molar-refractivity contribution < 1.29 is 23.9 Å². The van der Waals surface area contributed by atoms with Crippen LogP contribution in [-0.4, -0.2) is 35.9 Å². The van der Waals surface area contributed by atoms with E-state index in [-0.39, 0.29) is 11.5 Å². The number of aryl methyl sites for hydroxylation is 1. The molecule has 1 rings (SSSR count). The number of aromatic nitrogens is 1. The van der Waals surface area contributed by atoms with Crippen molar-refractivity contribution in [1.82, 2.24) is 4.98 Å². The summed E-state index contributed by atoms with van der Waals surface area (Å²) in [6.07, 6.45) is 1.01. The number of Topliss-reactive ketones (excluding diaryl/α,β-unsaturated/α-hetero) is 1. The SMILES string of the molecule is CCCCC(=O)O[C@@H](C)C(=O)c1[nH]c(C)c(C(=O)OC)c1C. The summed E-state index contributed by atoms with van der Waals surface area (Å²) in [6.45, 7) is 6.85. The van der Waals surface area contributed by atoms with Gasteiger partial charge >= 0.3 is 11.9 Å². The molecule has 122 valence electrons. The number of H-pyrrole nitrogens is 1. The fraction of sp³-hybridized carbons (Fsp3) is 0.562. The Morgan fingerprint density at radius 1 is 1.23 bits per heavy atom. The highest BCUT2D eigenvalue weighted by Crippen LogP contribution is 2.21. The van der Waals surface area contributed by atoms with E-state index in [1.165, 1.54) is 14.0 Å². The third-order valence-electron chi connectivity index (χ3n) is 3.49. The maximum Gasteiger partial charge on any atom is 0.339 e. The summed E-state index contributed by atoms with van der Waals surface area (Å²) in [4.78, 5) is 38.6. The second-order valence-electron chi connectivity index (χ2n) is 5.22. The van der Waals surface area contributed by atoms with Gasteiger partial charge in [-0.2, -0.15) is 0 Å². The first kappa shape index (κ1) is 17.9. The average Bonchev–Trinajstić information content (AvgIpc) is 2.78. The zero-order chi connectivity index (χ0) is 16.9. The van der Waals surface area contributed by atoms with Crippen LogP contribution in [0.3, 0.4) is 0 Å². The van der Waals surface area contributed by atoms with Gasteiger partial charge in [0.15, 0.2) is 6.10 Å². The van der Waals surface area contributed by atoms with E-state index in [4.69, 9.17) is 9.47 Å². The zero-order valence-electron chi connectivity index (χ0n) is 13.7. The first-order chi connectivity index (χ1) is 10.3. The maximum atomic E-state index is 12.4. The van der Waals surface area contributed by atoms with E-state index in [1.54, 1.807) is 13.8 Å². The van der Waals surface area contributed by atoms with Gasteiger partial charge in [0, 0.05) is 12.1 Å². The van der Waals surface area contributed by atoms with E-state index >= 15 is 0 Å². The minimum atomic E-state index is -0.897. The van der Waals surface area contributed by atoms with Crippen molar-refractivity contribution in [2.24, 2.45) is 0 Å². The topological polar surface area (TPSA) is 85.5 Å². The minimum Gasteiger partial charge on any atom is -0.465 e. The Balaban J connectivity index is 2.90. The first-order valence-corrected chi connectivity index (χ1v) is 7.34. The fourth-order valence-electron chi connectivity index (χ4n) is 2.24. The summed E-state index contributed by atoms with van der Waals surface area (Å²) < 4.78 is 9.84. The van der Waals surface area contributed by atoms with Crippen LogP contribution in [0, 0.1) is 13.8 Å². The Kier molecular flexibility index (Phi) is 6.34. The van der Waals surface area contributed by atoms with Crippen molar-refractivity contribution in [3.63, 3.8) is 0 Å². The van der Waals surface area contributed by atoms with Gasteiger partial charge in [-0.25, -0.2) is 4.79 Å². The van der Waals surface area contributed by atoms with Crippen LogP contribution < -0.4 is 0 Å². The molecule has 1 aromatic rings. The molecule has 0 unspecified atom stereocenters. The molecule has 0 aliphatic rings. The lowest BCUT2D eigenvalue weighted by Crippen LogP contribution is -2.25. The molecule has 0 bridgehead atoms. The van der Waals surface area contributed by atoms with Crippen LogP contribution >= 0.6 is 0 Å². The predicted octanol–water partition coefficient (Wildman–Crippen LogP) is 2.72. The second kappa shape index (κ2) is 7.77. The number of ketones is 1. The highest BCUT2D eigenvalue weighted by Gasteiger charge is 2.27. The van der Waals surface area contributed by atoms with Crippen LogP contribution in [0.1, 0.15) is 65.2 Å². The highest BCUT2D eigenvalue weighted by atomic mass is 16.5. The van der Waals surface area contributed by atoms with Gasteiger partial charge in [-0.1, -0.05) is 13.3 Å². The number of methoxy groups -OCH3 is 1. The predicted molar refractivity (Wildman–Crippen MR) is 81.0 cm³/mol. The van der Waals surface area contributed by atoms with E-state index in [2.05, 4.69) is 4.98 Å². The summed E-state index contributed by atoms with van der Waals surface area (Å²) in [6, 6.07) is 0. The Labute approximate surface area is 130 Å². The lowest BCUT2D eigenvalue weighted by Gasteiger charge is -2.12. The normalized spacial score (nSPS) is 11.9. The number of unbranched alkanes of at least 4 members (excludes halogenated alkanes) is 1. The number of nitrogens with one attached hydrogen (secondary N) is 1. The number of carbonyl (C=O) groups is 3. The number of carbonyl (C=O) groups excluding carboxylic acids is 3. The molecule has 0 saturated heterocycles. The number of hydrogen-bond acceptors (Lipinski definition) is 5. The molecule has 22 heavy (non-hydrogen) atoms. The van der Waals surface area contributed by atoms with E-state index < -0.39 is 18.0 Å². The first-order valence-electron chi connectivity index (χ1n) is 7.34. The van der Waals surface area contributed by atoms with Crippen molar-refractivity contribution in [3.8, 4) is 0 Å². The van der Waals surface area contributed by atoms with Crippen molar-refractivity contribution in [3.05, 3.63) is 22.5 Å². The molecule has 0 aliphatic carbocycles. The van der Waals surface area contributed by atoms with Crippen molar-refractivity contribution in [2.75, 3.05) is 7.11 Å². The molecule has 0 aromatic carbocycles. The van der Waals surface area contributed by atoms with Crippen LogP contribution in [0.25, 0.3) is 0 Å². The van der Waals surface area contributed by atoms with Gasteiger partial charge < -0.3 is 14.5 Å². The summed E-state index contributed by atoms with van der Waals surface area (Å²) >= 11 is 0. The van der Waals surface area contributed by atoms with E-state index in [9.17, 15) is 14.4 Å². The third kappa shape index (κ3) is 3.96. The zero-order valence-corrected chi connectivity index (χ0v) is 13.7. The molecule has 1 N–H and O–H groups in total. The van der Waals surface area contributed by atoms with Gasteiger partial charge in [-0.05, 0) is 32.8 Å². The molecule has 0 spiro atoms. The molecule has 0 saturated carbocycles. The summed E-state index contributed by atoms with van der Waals surface area (Å²) in [7, 11) is 1.29. The molecule has 0 radical (unpaired) electrons. The second-order valence-corrected chi connectivity index (χ2v) is 5.22. The van der Waals surface area contributed by atoms with E-state index in [1.807, 2.05) is 6.92 Å². The van der Waals surface area contributed by atoms with Gasteiger partial charge in [0.1, 0.15) is 0 Å². The Morgan fingerprint density at radius 3 is 2.41 bits per heavy atom. The summed E-state index contributed by atoms with van der Waals surface area (Å²) in [5, 5.41) is 0. The van der Waals surface area contributed by atoms with Crippen LogP contribution in [0.5, 0.6) is 0 Å². The van der Waals surface area contributed by atoms with Crippen molar-refractivity contribution in [1.29, 1.82) is 0 Å². The molecule has 0 fully saturated rings.